The van der Waals surface area contributed by atoms with Gasteiger partial charge in [-0.05, 0) is 37.1 Å². The smallest absolute Gasteiger partial charge is 0.220 e. The molecule has 1 aromatic carbocycles. The SMILES string of the molecule is CC.Cc1nc(N)nc(C)c1Cc1ccc(F)cc1. The summed E-state index contributed by atoms with van der Waals surface area (Å²) < 4.78 is 12.8. The molecular weight excluding hydrogens is 241 g/mol. The molecule has 2 rings (SSSR count). The average Bonchev–Trinajstić information content (AvgIpc) is 2.38. The molecular formula is C15H20FN3. The van der Waals surface area contributed by atoms with Crippen LogP contribution in [-0.4, -0.2) is 9.97 Å². The Morgan fingerprint density at radius 1 is 1.00 bits per heavy atom. The van der Waals surface area contributed by atoms with E-state index in [1.165, 1.54) is 12.1 Å². The molecule has 0 aliphatic carbocycles. The second-order valence-corrected chi connectivity index (χ2v) is 4.03. The zero-order valence-corrected chi connectivity index (χ0v) is 11.9. The summed E-state index contributed by atoms with van der Waals surface area (Å²) in [4.78, 5) is 8.28. The van der Waals surface area contributed by atoms with Crippen LogP contribution in [0.5, 0.6) is 0 Å². The van der Waals surface area contributed by atoms with Crippen LogP contribution in [0.3, 0.4) is 0 Å². The number of hydrogen-bond acceptors (Lipinski definition) is 3. The van der Waals surface area contributed by atoms with Gasteiger partial charge in [-0.3, -0.25) is 0 Å². The summed E-state index contributed by atoms with van der Waals surface area (Å²) in [5.74, 6) is 0.0682. The lowest BCUT2D eigenvalue weighted by Crippen LogP contribution is -2.05. The van der Waals surface area contributed by atoms with E-state index in [0.717, 1.165) is 22.5 Å². The maximum atomic E-state index is 12.8. The molecule has 0 aliphatic heterocycles. The van der Waals surface area contributed by atoms with Gasteiger partial charge in [0.05, 0.1) is 0 Å². The third-order valence-electron chi connectivity index (χ3n) is 2.73. The molecule has 19 heavy (non-hydrogen) atoms. The van der Waals surface area contributed by atoms with Gasteiger partial charge < -0.3 is 5.73 Å². The van der Waals surface area contributed by atoms with Gasteiger partial charge in [-0.1, -0.05) is 26.0 Å². The van der Waals surface area contributed by atoms with Gasteiger partial charge in [0.15, 0.2) is 0 Å². The minimum atomic E-state index is -0.226. The predicted molar refractivity (Wildman–Crippen MR) is 76.5 cm³/mol. The Hall–Kier alpha value is -1.97. The van der Waals surface area contributed by atoms with Crippen LogP contribution >= 0.6 is 0 Å². The van der Waals surface area contributed by atoms with Crippen molar-refractivity contribution in [2.45, 2.75) is 34.1 Å². The molecule has 102 valence electrons. The molecule has 1 heterocycles. The number of benzene rings is 1. The van der Waals surface area contributed by atoms with Crippen molar-refractivity contribution in [2.24, 2.45) is 0 Å². The van der Waals surface area contributed by atoms with Crippen LogP contribution in [-0.2, 0) is 6.42 Å². The molecule has 2 aromatic rings. The topological polar surface area (TPSA) is 51.8 Å². The number of aryl methyl sites for hydroxylation is 2. The van der Waals surface area contributed by atoms with Crippen LogP contribution < -0.4 is 5.73 Å². The van der Waals surface area contributed by atoms with Crippen molar-refractivity contribution in [3.05, 3.63) is 52.6 Å². The Morgan fingerprint density at radius 3 is 1.95 bits per heavy atom. The largest absolute Gasteiger partial charge is 0.368 e. The van der Waals surface area contributed by atoms with E-state index in [4.69, 9.17) is 5.73 Å². The fourth-order valence-corrected chi connectivity index (χ4v) is 1.83. The third-order valence-corrected chi connectivity index (χ3v) is 2.73. The Kier molecular flexibility index (Phi) is 5.42. The highest BCUT2D eigenvalue weighted by molar-refractivity contribution is 5.35. The van der Waals surface area contributed by atoms with E-state index in [-0.39, 0.29) is 5.82 Å². The predicted octanol–water partition coefficient (Wildman–Crippen LogP) is 3.43. The summed E-state index contributed by atoms with van der Waals surface area (Å²) in [6.45, 7) is 7.81. The molecule has 0 spiro atoms. The fraction of sp³-hybridized carbons (Fsp3) is 0.333. The van der Waals surface area contributed by atoms with E-state index >= 15 is 0 Å². The number of nitrogen functional groups attached to an aromatic ring is 1. The second-order valence-electron chi connectivity index (χ2n) is 4.03. The van der Waals surface area contributed by atoms with Crippen molar-refractivity contribution >= 4 is 5.95 Å². The number of rotatable bonds is 2. The number of nitrogens with zero attached hydrogens (tertiary/aromatic N) is 2. The highest BCUT2D eigenvalue weighted by Gasteiger charge is 2.07. The van der Waals surface area contributed by atoms with E-state index in [1.807, 2.05) is 27.7 Å². The molecule has 0 atom stereocenters. The van der Waals surface area contributed by atoms with Crippen LogP contribution in [0.25, 0.3) is 0 Å². The van der Waals surface area contributed by atoms with Crippen LogP contribution in [0, 0.1) is 19.7 Å². The van der Waals surface area contributed by atoms with E-state index < -0.39 is 0 Å². The molecule has 1 aromatic heterocycles. The van der Waals surface area contributed by atoms with Crippen LogP contribution in [0.2, 0.25) is 0 Å². The van der Waals surface area contributed by atoms with Gasteiger partial charge in [-0.2, -0.15) is 0 Å². The number of nitrogens with two attached hydrogens (primary N) is 1. The van der Waals surface area contributed by atoms with Crippen molar-refractivity contribution in [1.82, 2.24) is 9.97 Å². The van der Waals surface area contributed by atoms with Crippen molar-refractivity contribution in [1.29, 1.82) is 0 Å². The van der Waals surface area contributed by atoms with Crippen molar-refractivity contribution < 1.29 is 4.39 Å². The van der Waals surface area contributed by atoms with Crippen LogP contribution in [0.1, 0.15) is 36.4 Å². The van der Waals surface area contributed by atoms with E-state index in [0.29, 0.717) is 12.4 Å². The zero-order valence-electron chi connectivity index (χ0n) is 11.9. The van der Waals surface area contributed by atoms with Crippen molar-refractivity contribution in [3.63, 3.8) is 0 Å². The summed E-state index contributed by atoms with van der Waals surface area (Å²) in [6.07, 6.45) is 0.693. The van der Waals surface area contributed by atoms with Gasteiger partial charge in [0.1, 0.15) is 5.82 Å². The number of anilines is 1. The van der Waals surface area contributed by atoms with Crippen LogP contribution in [0.15, 0.2) is 24.3 Å². The molecule has 0 aliphatic rings. The standard InChI is InChI=1S/C13H14FN3.C2H6/c1-8-12(9(2)17-13(15)16-8)7-10-3-5-11(14)6-4-10;1-2/h3-6H,7H2,1-2H3,(H2,15,16,17);1-2H3. The van der Waals surface area contributed by atoms with E-state index in [9.17, 15) is 4.39 Å². The van der Waals surface area contributed by atoms with Crippen molar-refractivity contribution in [2.75, 3.05) is 5.73 Å². The van der Waals surface area contributed by atoms with E-state index in [2.05, 4.69) is 9.97 Å². The highest BCUT2D eigenvalue weighted by atomic mass is 19.1. The minimum absolute atomic E-state index is 0.226. The lowest BCUT2D eigenvalue weighted by Gasteiger charge is -2.09. The molecule has 2 N–H and O–H groups in total. The Bertz CT molecular complexity index is 513. The van der Waals surface area contributed by atoms with Crippen LogP contribution in [0.4, 0.5) is 10.3 Å². The van der Waals surface area contributed by atoms with Gasteiger partial charge in [0.2, 0.25) is 5.95 Å². The average molecular weight is 261 g/mol. The molecule has 3 nitrogen and oxygen atoms in total. The second kappa shape index (κ2) is 6.83. The van der Waals surface area contributed by atoms with Gasteiger partial charge in [-0.25, -0.2) is 14.4 Å². The Balaban J connectivity index is 0.000000861. The van der Waals surface area contributed by atoms with Gasteiger partial charge in [0, 0.05) is 17.8 Å². The summed E-state index contributed by atoms with van der Waals surface area (Å²) >= 11 is 0. The molecule has 0 fully saturated rings. The molecule has 0 bridgehead atoms. The Labute approximate surface area is 113 Å². The summed E-state index contributed by atoms with van der Waals surface area (Å²) in [5, 5.41) is 0. The normalized spacial score (nSPS) is 9.74. The first-order chi connectivity index (χ1) is 9.06. The number of aromatic nitrogens is 2. The lowest BCUT2D eigenvalue weighted by atomic mass is 10.0. The zero-order chi connectivity index (χ0) is 14.4. The first-order valence-corrected chi connectivity index (χ1v) is 6.40. The summed E-state index contributed by atoms with van der Waals surface area (Å²) in [6, 6.07) is 6.45. The maximum absolute atomic E-state index is 12.8. The number of halogens is 1. The molecule has 0 radical (unpaired) electrons. The van der Waals surface area contributed by atoms with Gasteiger partial charge in [0.25, 0.3) is 0 Å². The summed E-state index contributed by atoms with van der Waals surface area (Å²) in [7, 11) is 0. The molecule has 0 saturated heterocycles. The maximum Gasteiger partial charge on any atom is 0.220 e. The molecule has 4 heteroatoms. The van der Waals surface area contributed by atoms with Gasteiger partial charge >= 0.3 is 0 Å². The lowest BCUT2D eigenvalue weighted by molar-refractivity contribution is 0.627. The Morgan fingerprint density at radius 2 is 1.47 bits per heavy atom. The number of hydrogen-bond donors (Lipinski definition) is 1. The molecule has 0 saturated carbocycles. The summed E-state index contributed by atoms with van der Waals surface area (Å²) in [5.41, 5.74) is 9.40. The van der Waals surface area contributed by atoms with E-state index in [1.54, 1.807) is 12.1 Å². The molecule has 0 unspecified atom stereocenters. The third kappa shape index (κ3) is 4.02. The monoisotopic (exact) mass is 261 g/mol. The van der Waals surface area contributed by atoms with Gasteiger partial charge in [-0.15, -0.1) is 0 Å². The minimum Gasteiger partial charge on any atom is -0.368 e. The molecule has 0 amide bonds. The highest BCUT2D eigenvalue weighted by Crippen LogP contribution is 2.16. The first kappa shape index (κ1) is 15.1. The quantitative estimate of drug-likeness (QED) is 0.901. The fourth-order valence-electron chi connectivity index (χ4n) is 1.83. The first-order valence-electron chi connectivity index (χ1n) is 6.40. The van der Waals surface area contributed by atoms with Crippen molar-refractivity contribution in [3.8, 4) is 0 Å².